The van der Waals surface area contributed by atoms with Crippen molar-refractivity contribution in [2.24, 2.45) is 0 Å². The summed E-state index contributed by atoms with van der Waals surface area (Å²) < 4.78 is 0. The lowest BCUT2D eigenvalue weighted by atomic mass is 10.5. The molecule has 0 aliphatic carbocycles. The number of hydrogen-bond acceptors (Lipinski definition) is 1. The largest absolute Gasteiger partial charge is 0.359 e. The molecule has 0 bridgehead atoms. The Morgan fingerprint density at radius 2 is 2.50 bits per heavy atom. The maximum atomic E-state index is 9.42. The van der Waals surface area contributed by atoms with Gasteiger partial charge in [-0.3, -0.25) is 4.79 Å². The summed E-state index contributed by atoms with van der Waals surface area (Å²) in [6.45, 7) is 4.19. The van der Waals surface area contributed by atoms with Gasteiger partial charge in [0.15, 0.2) is 0 Å². The van der Waals surface area contributed by atoms with Gasteiger partial charge >= 0.3 is 0 Å². The second-order valence-corrected chi connectivity index (χ2v) is 0.926. The maximum absolute atomic E-state index is 9.42. The van der Waals surface area contributed by atoms with Gasteiger partial charge in [0, 0.05) is 6.54 Å². The molecular weight excluding hydrogens is 78.0 g/mol. The van der Waals surface area contributed by atoms with Crippen molar-refractivity contribution in [1.82, 2.24) is 5.32 Å². The highest BCUT2D eigenvalue weighted by atomic mass is 16.1. The molecule has 0 rings (SSSR count). The van der Waals surface area contributed by atoms with Crippen LogP contribution in [0.2, 0.25) is 0 Å². The number of hydrogen-bond donors (Lipinski definition) is 1. The zero-order valence-electron chi connectivity index (χ0n) is 3.61. The summed E-state index contributed by atoms with van der Waals surface area (Å²) in [6, 6.07) is 0. The number of carbonyl (C=O) groups is 1. The van der Waals surface area contributed by atoms with Crippen LogP contribution in [0.1, 0.15) is 6.42 Å². The molecule has 0 fully saturated rings. The maximum Gasteiger partial charge on any atom is 0.207 e. The van der Waals surface area contributed by atoms with Crippen LogP contribution >= 0.6 is 0 Å². The predicted octanol–water partition coefficient (Wildman–Crippen LogP) is -0.0434. The minimum absolute atomic E-state index is 0.672. The first kappa shape index (κ1) is 5.47. The fraction of sp³-hybridized carbons (Fsp3) is 0.500. The molecule has 0 saturated carbocycles. The third-order valence-corrected chi connectivity index (χ3v) is 0.404. The first-order chi connectivity index (χ1) is 2.91. The summed E-state index contributed by atoms with van der Waals surface area (Å²) in [5.41, 5.74) is 0. The van der Waals surface area contributed by atoms with Crippen molar-refractivity contribution in [3.05, 3.63) is 6.92 Å². The first-order valence-corrected chi connectivity index (χ1v) is 1.88. The van der Waals surface area contributed by atoms with Crippen molar-refractivity contribution in [2.75, 3.05) is 6.54 Å². The SMILES string of the molecule is [CH2]CCNC=O. The highest BCUT2D eigenvalue weighted by Crippen LogP contribution is 1.61. The van der Waals surface area contributed by atoms with Gasteiger partial charge in [-0.15, -0.1) is 0 Å². The summed E-state index contributed by atoms with van der Waals surface area (Å²) in [7, 11) is 0. The zero-order chi connectivity index (χ0) is 4.83. The van der Waals surface area contributed by atoms with E-state index in [1.165, 1.54) is 0 Å². The van der Waals surface area contributed by atoms with Crippen LogP contribution in [0.3, 0.4) is 0 Å². The average Bonchev–Trinajstić information content (AvgIpc) is 1.61. The lowest BCUT2D eigenvalue weighted by Crippen LogP contribution is -2.10. The summed E-state index contributed by atoms with van der Waals surface area (Å²) >= 11 is 0. The van der Waals surface area contributed by atoms with Crippen molar-refractivity contribution < 1.29 is 4.79 Å². The molecule has 0 spiro atoms. The molecule has 2 nitrogen and oxygen atoms in total. The molecule has 0 aromatic carbocycles. The molecule has 1 N–H and O–H groups in total. The van der Waals surface area contributed by atoms with Crippen LogP contribution in [0.5, 0.6) is 0 Å². The Labute approximate surface area is 37.5 Å². The molecule has 35 valence electrons. The molecule has 0 heterocycles. The van der Waals surface area contributed by atoms with E-state index in [4.69, 9.17) is 0 Å². The highest BCUT2D eigenvalue weighted by molar-refractivity contribution is 5.45. The summed E-state index contributed by atoms with van der Waals surface area (Å²) in [4.78, 5) is 9.42. The second kappa shape index (κ2) is 4.47. The number of nitrogens with one attached hydrogen (secondary N) is 1. The van der Waals surface area contributed by atoms with Crippen LogP contribution < -0.4 is 5.32 Å². The average molecular weight is 86.1 g/mol. The van der Waals surface area contributed by atoms with Crippen LogP contribution in [-0.2, 0) is 4.79 Å². The Bertz CT molecular complexity index is 36.5. The Balaban J connectivity index is 2.49. The van der Waals surface area contributed by atoms with Crippen LogP contribution in [0.25, 0.3) is 0 Å². The number of rotatable bonds is 3. The van der Waals surface area contributed by atoms with E-state index < -0.39 is 0 Å². The molecule has 0 saturated heterocycles. The summed E-state index contributed by atoms with van der Waals surface area (Å²) in [6.07, 6.45) is 1.43. The molecule has 0 aliphatic heterocycles. The smallest absolute Gasteiger partial charge is 0.207 e. The Morgan fingerprint density at radius 3 is 2.67 bits per heavy atom. The molecule has 1 radical (unpaired) electrons. The van der Waals surface area contributed by atoms with Gasteiger partial charge in [0.2, 0.25) is 6.41 Å². The monoisotopic (exact) mass is 86.1 g/mol. The summed E-state index contributed by atoms with van der Waals surface area (Å²) in [5, 5.41) is 2.45. The van der Waals surface area contributed by atoms with E-state index in [2.05, 4.69) is 12.2 Å². The summed E-state index contributed by atoms with van der Waals surface area (Å²) in [5.74, 6) is 0. The van der Waals surface area contributed by atoms with Gasteiger partial charge in [-0.25, -0.2) is 0 Å². The van der Waals surface area contributed by atoms with Crippen LogP contribution in [-0.4, -0.2) is 13.0 Å². The quantitative estimate of drug-likeness (QED) is 0.379. The van der Waals surface area contributed by atoms with E-state index in [0.717, 1.165) is 6.42 Å². The van der Waals surface area contributed by atoms with Gasteiger partial charge in [0.1, 0.15) is 0 Å². The van der Waals surface area contributed by atoms with E-state index >= 15 is 0 Å². The van der Waals surface area contributed by atoms with Crippen molar-refractivity contribution >= 4 is 6.41 Å². The molecule has 1 amide bonds. The molecule has 0 atom stereocenters. The Hall–Kier alpha value is -0.530. The van der Waals surface area contributed by atoms with Crippen LogP contribution in [0.15, 0.2) is 0 Å². The standard InChI is InChI=1S/C4H8NO/c1-2-3-5-4-6/h4H,1-3H2,(H,5,6). The van der Waals surface area contributed by atoms with E-state index in [0.29, 0.717) is 13.0 Å². The van der Waals surface area contributed by atoms with Crippen LogP contribution in [0, 0.1) is 6.92 Å². The normalized spacial score (nSPS) is 7.50. The third kappa shape index (κ3) is 3.47. The second-order valence-electron chi connectivity index (χ2n) is 0.926. The fourth-order valence-corrected chi connectivity index (χ4v) is 0.161. The Kier molecular flexibility index (Phi) is 4.08. The number of carbonyl (C=O) groups excluding carboxylic acids is 1. The molecule has 0 unspecified atom stereocenters. The zero-order valence-corrected chi connectivity index (χ0v) is 3.61. The van der Waals surface area contributed by atoms with Crippen LogP contribution in [0.4, 0.5) is 0 Å². The minimum Gasteiger partial charge on any atom is -0.359 e. The predicted molar refractivity (Wildman–Crippen MR) is 24.0 cm³/mol. The van der Waals surface area contributed by atoms with Crippen molar-refractivity contribution in [2.45, 2.75) is 6.42 Å². The third-order valence-electron chi connectivity index (χ3n) is 0.404. The molecule has 6 heavy (non-hydrogen) atoms. The fourth-order valence-electron chi connectivity index (χ4n) is 0.161. The molecule has 0 aliphatic rings. The van der Waals surface area contributed by atoms with E-state index in [-0.39, 0.29) is 0 Å². The molecule has 0 aromatic rings. The lowest BCUT2D eigenvalue weighted by Gasteiger charge is -1.85. The molecular formula is C4H8NO. The van der Waals surface area contributed by atoms with E-state index in [1.54, 1.807) is 0 Å². The molecule has 2 heteroatoms. The Morgan fingerprint density at radius 1 is 1.83 bits per heavy atom. The van der Waals surface area contributed by atoms with Gasteiger partial charge in [0.05, 0.1) is 0 Å². The van der Waals surface area contributed by atoms with Crippen molar-refractivity contribution in [3.8, 4) is 0 Å². The van der Waals surface area contributed by atoms with Crippen molar-refractivity contribution in [3.63, 3.8) is 0 Å². The van der Waals surface area contributed by atoms with Gasteiger partial charge in [-0.05, 0) is 6.42 Å². The minimum atomic E-state index is 0.672. The van der Waals surface area contributed by atoms with Gasteiger partial charge in [0.25, 0.3) is 0 Å². The first-order valence-electron chi connectivity index (χ1n) is 1.88. The van der Waals surface area contributed by atoms with Gasteiger partial charge in [-0.1, -0.05) is 6.92 Å². The molecule has 0 aromatic heterocycles. The van der Waals surface area contributed by atoms with E-state index in [1.807, 2.05) is 0 Å². The topological polar surface area (TPSA) is 29.1 Å². The van der Waals surface area contributed by atoms with Gasteiger partial charge in [-0.2, -0.15) is 0 Å². The highest BCUT2D eigenvalue weighted by Gasteiger charge is 1.69. The lowest BCUT2D eigenvalue weighted by molar-refractivity contribution is -0.109. The van der Waals surface area contributed by atoms with Crippen molar-refractivity contribution in [1.29, 1.82) is 0 Å². The van der Waals surface area contributed by atoms with E-state index in [9.17, 15) is 4.79 Å². The number of amides is 1. The van der Waals surface area contributed by atoms with Gasteiger partial charge < -0.3 is 5.32 Å².